The summed E-state index contributed by atoms with van der Waals surface area (Å²) in [4.78, 5) is 4.81. The number of hydrogen-bond acceptors (Lipinski definition) is 2. The molecule has 0 radical (unpaired) electrons. The van der Waals surface area contributed by atoms with Crippen LogP contribution < -0.4 is 5.32 Å². The van der Waals surface area contributed by atoms with E-state index in [1.54, 1.807) is 0 Å². The Morgan fingerprint density at radius 2 is 1.94 bits per heavy atom. The average Bonchev–Trinajstić information content (AvgIpc) is 2.27. The molecule has 90 valence electrons. The van der Waals surface area contributed by atoms with Crippen molar-refractivity contribution in [3.63, 3.8) is 0 Å². The minimum absolute atomic E-state index is 0.0682. The Hall–Kier alpha value is -0.840. The number of fused-ring (bicyclic) bond motifs is 1. The second kappa shape index (κ2) is 4.44. The van der Waals surface area contributed by atoms with Gasteiger partial charge in [-0.2, -0.15) is 0 Å². The molecule has 0 unspecified atom stereocenters. The molecular weight excluding hydrogens is 323 g/mol. The van der Waals surface area contributed by atoms with Gasteiger partial charge in [0, 0.05) is 32.8 Å². The number of pyridine rings is 1. The normalized spacial score (nSPS) is 11.8. The van der Waals surface area contributed by atoms with Crippen LogP contribution in [0.4, 0.5) is 5.69 Å². The molecule has 1 aromatic carbocycles. The first-order valence-corrected chi connectivity index (χ1v) is 6.79. The highest BCUT2D eigenvalue weighted by Crippen LogP contribution is 2.30. The predicted octanol–water partition coefficient (Wildman–Crippen LogP) is 4.18. The standard InChI is InChI=1S/C14H17IN2/c1-14(2,3)12-8-11(16-4)9-6-5-7-10(15)13(9)17-12/h5-8H,1-4H3,(H,16,17). The van der Waals surface area contributed by atoms with Crippen LogP contribution >= 0.6 is 22.6 Å². The lowest BCUT2D eigenvalue weighted by Gasteiger charge is -2.20. The molecule has 0 bridgehead atoms. The van der Waals surface area contributed by atoms with Gasteiger partial charge in [0.05, 0.1) is 5.52 Å². The number of rotatable bonds is 1. The molecule has 0 fully saturated rings. The Labute approximate surface area is 116 Å². The fourth-order valence-corrected chi connectivity index (χ4v) is 2.42. The number of anilines is 1. The Kier molecular flexibility index (Phi) is 3.30. The first-order chi connectivity index (χ1) is 7.93. The van der Waals surface area contributed by atoms with Gasteiger partial charge < -0.3 is 5.32 Å². The summed E-state index contributed by atoms with van der Waals surface area (Å²) in [5.41, 5.74) is 3.43. The number of halogens is 1. The maximum absolute atomic E-state index is 4.81. The largest absolute Gasteiger partial charge is 0.388 e. The summed E-state index contributed by atoms with van der Waals surface area (Å²) < 4.78 is 1.20. The summed E-state index contributed by atoms with van der Waals surface area (Å²) in [6, 6.07) is 8.44. The Balaban J connectivity index is 2.81. The summed E-state index contributed by atoms with van der Waals surface area (Å²) >= 11 is 2.35. The molecule has 0 spiro atoms. The van der Waals surface area contributed by atoms with Gasteiger partial charge in [-0.25, -0.2) is 0 Å². The molecule has 1 aromatic heterocycles. The maximum atomic E-state index is 4.81. The summed E-state index contributed by atoms with van der Waals surface area (Å²) in [6.45, 7) is 6.57. The summed E-state index contributed by atoms with van der Waals surface area (Å²) in [7, 11) is 1.96. The van der Waals surface area contributed by atoms with E-state index in [9.17, 15) is 0 Å². The molecule has 1 N–H and O–H groups in total. The highest BCUT2D eigenvalue weighted by atomic mass is 127. The Morgan fingerprint density at radius 1 is 1.24 bits per heavy atom. The third kappa shape index (κ3) is 2.39. The van der Waals surface area contributed by atoms with Crippen molar-refractivity contribution < 1.29 is 0 Å². The zero-order valence-electron chi connectivity index (χ0n) is 10.6. The number of nitrogens with one attached hydrogen (secondary N) is 1. The Bertz CT molecular complexity index is 556. The number of benzene rings is 1. The molecule has 2 nitrogen and oxygen atoms in total. The molecule has 0 aliphatic rings. The van der Waals surface area contributed by atoms with Crippen LogP contribution in [0.2, 0.25) is 0 Å². The predicted molar refractivity (Wildman–Crippen MR) is 82.7 cm³/mol. The molecule has 0 amide bonds. The number of hydrogen-bond donors (Lipinski definition) is 1. The zero-order valence-corrected chi connectivity index (χ0v) is 12.8. The molecule has 17 heavy (non-hydrogen) atoms. The van der Waals surface area contributed by atoms with Crippen LogP contribution in [0.25, 0.3) is 10.9 Å². The van der Waals surface area contributed by atoms with E-state index in [-0.39, 0.29) is 5.41 Å². The third-order valence-corrected chi connectivity index (χ3v) is 3.70. The molecule has 2 aromatic rings. The average molecular weight is 340 g/mol. The monoisotopic (exact) mass is 340 g/mol. The molecule has 3 heteroatoms. The van der Waals surface area contributed by atoms with Gasteiger partial charge >= 0.3 is 0 Å². The summed E-state index contributed by atoms with van der Waals surface area (Å²) in [6.07, 6.45) is 0. The van der Waals surface area contributed by atoms with Gasteiger partial charge in [0.1, 0.15) is 0 Å². The first kappa shape index (κ1) is 12.6. The minimum Gasteiger partial charge on any atom is -0.388 e. The van der Waals surface area contributed by atoms with E-state index >= 15 is 0 Å². The van der Waals surface area contributed by atoms with E-state index in [4.69, 9.17) is 4.98 Å². The van der Waals surface area contributed by atoms with E-state index in [0.717, 1.165) is 16.9 Å². The van der Waals surface area contributed by atoms with Crippen LogP contribution in [0.15, 0.2) is 24.3 Å². The minimum atomic E-state index is 0.0682. The fourth-order valence-electron chi connectivity index (χ4n) is 1.80. The molecule has 0 aliphatic carbocycles. The van der Waals surface area contributed by atoms with Crippen molar-refractivity contribution in [1.82, 2.24) is 4.98 Å². The fraction of sp³-hybridized carbons (Fsp3) is 0.357. The van der Waals surface area contributed by atoms with Gasteiger partial charge in [-0.1, -0.05) is 32.9 Å². The quantitative estimate of drug-likeness (QED) is 0.788. The van der Waals surface area contributed by atoms with Gasteiger partial charge in [-0.3, -0.25) is 4.98 Å². The van der Waals surface area contributed by atoms with Crippen molar-refractivity contribution in [3.05, 3.63) is 33.5 Å². The van der Waals surface area contributed by atoms with Crippen LogP contribution in [0.5, 0.6) is 0 Å². The van der Waals surface area contributed by atoms with E-state index in [1.807, 2.05) is 7.05 Å². The van der Waals surface area contributed by atoms with Crippen LogP contribution in [-0.4, -0.2) is 12.0 Å². The highest BCUT2D eigenvalue weighted by Gasteiger charge is 2.18. The van der Waals surface area contributed by atoms with Crippen LogP contribution in [-0.2, 0) is 5.41 Å². The SMILES string of the molecule is CNc1cc(C(C)(C)C)nc2c(I)cccc12. The highest BCUT2D eigenvalue weighted by molar-refractivity contribution is 14.1. The lowest BCUT2D eigenvalue weighted by molar-refractivity contribution is 0.572. The first-order valence-electron chi connectivity index (χ1n) is 5.71. The molecule has 0 saturated carbocycles. The smallest absolute Gasteiger partial charge is 0.0859 e. The van der Waals surface area contributed by atoms with E-state index < -0.39 is 0 Å². The second-order valence-corrected chi connectivity index (χ2v) is 6.35. The Morgan fingerprint density at radius 3 is 2.53 bits per heavy atom. The molecule has 2 rings (SSSR count). The van der Waals surface area contributed by atoms with Crippen LogP contribution in [0.1, 0.15) is 26.5 Å². The van der Waals surface area contributed by atoms with Crippen molar-refractivity contribution in [2.45, 2.75) is 26.2 Å². The number of nitrogens with zero attached hydrogens (tertiary/aromatic N) is 1. The van der Waals surface area contributed by atoms with Gasteiger partial charge in [0.15, 0.2) is 0 Å². The van der Waals surface area contributed by atoms with Crippen LogP contribution in [0, 0.1) is 3.57 Å². The summed E-state index contributed by atoms with van der Waals surface area (Å²) in [5.74, 6) is 0. The van der Waals surface area contributed by atoms with Crippen molar-refractivity contribution in [2.75, 3.05) is 12.4 Å². The second-order valence-electron chi connectivity index (χ2n) is 5.19. The molecular formula is C14H17IN2. The lowest BCUT2D eigenvalue weighted by atomic mass is 9.91. The van der Waals surface area contributed by atoms with Crippen molar-refractivity contribution in [3.8, 4) is 0 Å². The number of aromatic nitrogens is 1. The van der Waals surface area contributed by atoms with Crippen molar-refractivity contribution >= 4 is 39.2 Å². The molecule has 1 heterocycles. The van der Waals surface area contributed by atoms with Crippen molar-refractivity contribution in [2.24, 2.45) is 0 Å². The molecule has 0 saturated heterocycles. The topological polar surface area (TPSA) is 24.9 Å². The van der Waals surface area contributed by atoms with Gasteiger partial charge in [0.25, 0.3) is 0 Å². The van der Waals surface area contributed by atoms with E-state index in [2.05, 4.69) is 72.9 Å². The molecule has 0 aliphatic heterocycles. The number of para-hydroxylation sites is 1. The van der Waals surface area contributed by atoms with Gasteiger partial charge in [0.2, 0.25) is 0 Å². The van der Waals surface area contributed by atoms with E-state index in [0.29, 0.717) is 0 Å². The van der Waals surface area contributed by atoms with Crippen molar-refractivity contribution in [1.29, 1.82) is 0 Å². The lowest BCUT2D eigenvalue weighted by Crippen LogP contribution is -2.14. The third-order valence-electron chi connectivity index (χ3n) is 2.83. The van der Waals surface area contributed by atoms with Gasteiger partial charge in [-0.05, 0) is 34.7 Å². The molecule has 0 atom stereocenters. The zero-order chi connectivity index (χ0) is 12.6. The van der Waals surface area contributed by atoms with E-state index in [1.165, 1.54) is 8.96 Å². The maximum Gasteiger partial charge on any atom is 0.0859 e. The summed E-state index contributed by atoms with van der Waals surface area (Å²) in [5, 5.41) is 4.45. The van der Waals surface area contributed by atoms with Gasteiger partial charge in [-0.15, -0.1) is 0 Å². The van der Waals surface area contributed by atoms with Crippen LogP contribution in [0.3, 0.4) is 0 Å².